The lowest BCUT2D eigenvalue weighted by atomic mass is 10.1. The minimum Gasteiger partial charge on any atom is -0.391 e. The zero-order valence-corrected chi connectivity index (χ0v) is 6.94. The highest BCUT2D eigenvalue weighted by Gasteiger charge is 2.12. The molecule has 2 unspecified atom stereocenters. The van der Waals surface area contributed by atoms with E-state index in [1.807, 2.05) is 26.1 Å². The van der Waals surface area contributed by atoms with Gasteiger partial charge in [0.15, 0.2) is 0 Å². The predicted molar refractivity (Wildman–Crippen MR) is 43.2 cm³/mol. The molecule has 0 saturated heterocycles. The van der Waals surface area contributed by atoms with Crippen molar-refractivity contribution in [1.82, 2.24) is 9.78 Å². The third-order valence-corrected chi connectivity index (χ3v) is 1.92. The summed E-state index contributed by atoms with van der Waals surface area (Å²) >= 11 is 0. The molecular weight excluding hydrogens is 140 g/mol. The van der Waals surface area contributed by atoms with Crippen molar-refractivity contribution in [1.29, 1.82) is 0 Å². The van der Waals surface area contributed by atoms with Crippen LogP contribution in [0.4, 0.5) is 0 Å². The number of aliphatic hydroxyl groups is 1. The predicted octanol–water partition coefficient (Wildman–Crippen LogP) is 1.21. The van der Waals surface area contributed by atoms with Crippen LogP contribution in [0.2, 0.25) is 0 Å². The fourth-order valence-corrected chi connectivity index (χ4v) is 1.04. The molecule has 62 valence electrons. The minimum absolute atomic E-state index is 0.0787. The molecule has 0 radical (unpaired) electrons. The van der Waals surface area contributed by atoms with Gasteiger partial charge in [0.1, 0.15) is 0 Å². The molecule has 0 bridgehead atoms. The molecule has 0 aliphatic carbocycles. The summed E-state index contributed by atoms with van der Waals surface area (Å²) in [5, 5.41) is 13.5. The first-order valence-corrected chi connectivity index (χ1v) is 3.93. The van der Waals surface area contributed by atoms with Crippen molar-refractivity contribution in [2.45, 2.75) is 32.4 Å². The summed E-state index contributed by atoms with van der Waals surface area (Å²) in [4.78, 5) is 0. The molecule has 0 fully saturated rings. The molecule has 1 aromatic rings. The van der Waals surface area contributed by atoms with Crippen LogP contribution in [-0.2, 0) is 0 Å². The standard InChI is InChI=1S/C8H14N2O/c1-3-8(11)7(2)10-6-4-5-9-10/h4-8,11H,3H2,1-2H3. The second kappa shape index (κ2) is 3.53. The maximum absolute atomic E-state index is 9.44. The van der Waals surface area contributed by atoms with Crippen LogP contribution in [0.3, 0.4) is 0 Å². The normalized spacial score (nSPS) is 16.3. The largest absolute Gasteiger partial charge is 0.391 e. The number of rotatable bonds is 3. The van der Waals surface area contributed by atoms with Crippen molar-refractivity contribution in [3.63, 3.8) is 0 Å². The molecular formula is C8H14N2O. The summed E-state index contributed by atoms with van der Waals surface area (Å²) in [5.41, 5.74) is 0. The molecule has 2 atom stereocenters. The van der Waals surface area contributed by atoms with Crippen LogP contribution in [-0.4, -0.2) is 21.0 Å². The molecule has 1 rings (SSSR count). The Morgan fingerprint density at radius 2 is 2.36 bits per heavy atom. The number of nitrogens with zero attached hydrogens (tertiary/aromatic N) is 2. The second-order valence-corrected chi connectivity index (χ2v) is 2.70. The summed E-state index contributed by atoms with van der Waals surface area (Å²) in [6.07, 6.45) is 4.05. The van der Waals surface area contributed by atoms with Crippen molar-refractivity contribution in [2.24, 2.45) is 0 Å². The molecule has 0 aliphatic heterocycles. The van der Waals surface area contributed by atoms with E-state index in [0.717, 1.165) is 6.42 Å². The molecule has 11 heavy (non-hydrogen) atoms. The molecule has 1 N–H and O–H groups in total. The van der Waals surface area contributed by atoms with Gasteiger partial charge < -0.3 is 5.11 Å². The smallest absolute Gasteiger partial charge is 0.0758 e. The Morgan fingerprint density at radius 1 is 1.64 bits per heavy atom. The Balaban J connectivity index is 2.62. The van der Waals surface area contributed by atoms with Crippen molar-refractivity contribution in [2.75, 3.05) is 0 Å². The third-order valence-electron chi connectivity index (χ3n) is 1.92. The van der Waals surface area contributed by atoms with Crippen LogP contribution in [0.5, 0.6) is 0 Å². The summed E-state index contributed by atoms with van der Waals surface area (Å²) in [5.74, 6) is 0. The van der Waals surface area contributed by atoms with Gasteiger partial charge in [-0.2, -0.15) is 5.10 Å². The van der Waals surface area contributed by atoms with Gasteiger partial charge in [-0.1, -0.05) is 6.92 Å². The SMILES string of the molecule is CCC(O)C(C)n1cccn1. The lowest BCUT2D eigenvalue weighted by Crippen LogP contribution is -2.20. The first-order valence-electron chi connectivity index (χ1n) is 3.93. The Bertz CT molecular complexity index is 196. The maximum Gasteiger partial charge on any atom is 0.0758 e. The summed E-state index contributed by atoms with van der Waals surface area (Å²) < 4.78 is 1.77. The Hall–Kier alpha value is -0.830. The van der Waals surface area contributed by atoms with Gasteiger partial charge in [-0.05, 0) is 19.4 Å². The highest BCUT2D eigenvalue weighted by molar-refractivity contribution is 4.82. The van der Waals surface area contributed by atoms with Crippen LogP contribution in [0.25, 0.3) is 0 Å². The van der Waals surface area contributed by atoms with Gasteiger partial charge in [0, 0.05) is 12.4 Å². The van der Waals surface area contributed by atoms with Gasteiger partial charge in [0.25, 0.3) is 0 Å². The molecule has 0 amide bonds. The Morgan fingerprint density at radius 3 is 2.82 bits per heavy atom. The van der Waals surface area contributed by atoms with E-state index in [1.165, 1.54) is 0 Å². The van der Waals surface area contributed by atoms with Gasteiger partial charge in [0.2, 0.25) is 0 Å². The lowest BCUT2D eigenvalue weighted by molar-refractivity contribution is 0.111. The Labute approximate surface area is 66.7 Å². The van der Waals surface area contributed by atoms with Crippen molar-refractivity contribution < 1.29 is 5.11 Å². The van der Waals surface area contributed by atoms with Gasteiger partial charge >= 0.3 is 0 Å². The van der Waals surface area contributed by atoms with Crippen LogP contribution in [0.15, 0.2) is 18.5 Å². The Kier molecular flexibility index (Phi) is 2.65. The number of hydrogen-bond donors (Lipinski definition) is 1. The first kappa shape index (κ1) is 8.27. The van der Waals surface area contributed by atoms with Crippen LogP contribution < -0.4 is 0 Å². The summed E-state index contributed by atoms with van der Waals surface area (Å²) in [6, 6.07) is 1.94. The average Bonchev–Trinajstić information content (AvgIpc) is 2.53. The second-order valence-electron chi connectivity index (χ2n) is 2.70. The van der Waals surface area contributed by atoms with Crippen LogP contribution >= 0.6 is 0 Å². The van der Waals surface area contributed by atoms with Crippen molar-refractivity contribution >= 4 is 0 Å². The zero-order valence-electron chi connectivity index (χ0n) is 6.94. The van der Waals surface area contributed by atoms with Gasteiger partial charge in [-0.3, -0.25) is 4.68 Å². The number of hydrogen-bond acceptors (Lipinski definition) is 2. The highest BCUT2D eigenvalue weighted by Crippen LogP contribution is 2.11. The van der Waals surface area contributed by atoms with Gasteiger partial charge in [-0.25, -0.2) is 0 Å². The number of aliphatic hydroxyl groups excluding tert-OH is 1. The van der Waals surface area contributed by atoms with Crippen molar-refractivity contribution in [3.05, 3.63) is 18.5 Å². The third kappa shape index (κ3) is 1.80. The van der Waals surface area contributed by atoms with Gasteiger partial charge in [0.05, 0.1) is 12.1 Å². The van der Waals surface area contributed by atoms with E-state index in [4.69, 9.17) is 0 Å². The summed E-state index contributed by atoms with van der Waals surface area (Å²) in [7, 11) is 0. The van der Waals surface area contributed by atoms with Gasteiger partial charge in [-0.15, -0.1) is 0 Å². The van der Waals surface area contributed by atoms with E-state index < -0.39 is 0 Å². The molecule has 3 nitrogen and oxygen atoms in total. The maximum atomic E-state index is 9.44. The minimum atomic E-state index is -0.296. The summed E-state index contributed by atoms with van der Waals surface area (Å²) in [6.45, 7) is 3.92. The first-order chi connectivity index (χ1) is 5.25. The van der Waals surface area contributed by atoms with Crippen LogP contribution in [0.1, 0.15) is 26.3 Å². The fraction of sp³-hybridized carbons (Fsp3) is 0.625. The molecule has 1 aromatic heterocycles. The lowest BCUT2D eigenvalue weighted by Gasteiger charge is -2.17. The van der Waals surface area contributed by atoms with E-state index in [2.05, 4.69) is 5.10 Å². The van der Waals surface area contributed by atoms with E-state index in [1.54, 1.807) is 10.9 Å². The zero-order chi connectivity index (χ0) is 8.27. The molecule has 3 heteroatoms. The van der Waals surface area contributed by atoms with Crippen molar-refractivity contribution in [3.8, 4) is 0 Å². The molecule has 0 aromatic carbocycles. The fourth-order valence-electron chi connectivity index (χ4n) is 1.04. The quantitative estimate of drug-likeness (QED) is 0.710. The number of aromatic nitrogens is 2. The van der Waals surface area contributed by atoms with E-state index in [9.17, 15) is 5.11 Å². The molecule has 0 saturated carbocycles. The van der Waals surface area contributed by atoms with E-state index >= 15 is 0 Å². The topological polar surface area (TPSA) is 38.0 Å². The molecule has 1 heterocycles. The van der Waals surface area contributed by atoms with E-state index in [-0.39, 0.29) is 12.1 Å². The van der Waals surface area contributed by atoms with Crippen LogP contribution in [0, 0.1) is 0 Å². The average molecular weight is 154 g/mol. The monoisotopic (exact) mass is 154 g/mol. The highest BCUT2D eigenvalue weighted by atomic mass is 16.3. The molecule has 0 aliphatic rings. The molecule has 0 spiro atoms. The van der Waals surface area contributed by atoms with E-state index in [0.29, 0.717) is 0 Å².